The molecule has 0 bridgehead atoms. The molecular formula is C20H24N2O6. The van der Waals surface area contributed by atoms with E-state index in [1.807, 2.05) is 0 Å². The van der Waals surface area contributed by atoms with Gasteiger partial charge in [-0.15, -0.1) is 0 Å². The molecule has 1 aliphatic rings. The van der Waals surface area contributed by atoms with E-state index in [0.717, 1.165) is 24.0 Å². The van der Waals surface area contributed by atoms with Crippen molar-refractivity contribution in [1.29, 1.82) is 0 Å². The average Bonchev–Trinajstić information content (AvgIpc) is 2.96. The molecule has 1 N–H and O–H groups in total. The number of amides is 3. The first-order valence-electron chi connectivity index (χ1n) is 9.29. The number of fused-ring (bicyclic) bond motifs is 1. The molecule has 1 heterocycles. The number of imide groups is 1. The van der Waals surface area contributed by atoms with Crippen LogP contribution in [0.2, 0.25) is 0 Å². The summed E-state index contributed by atoms with van der Waals surface area (Å²) >= 11 is 0. The summed E-state index contributed by atoms with van der Waals surface area (Å²) in [6.07, 6.45) is 4.43. The Hall–Kier alpha value is -3.03. The molecule has 8 heteroatoms. The third-order valence-electron chi connectivity index (χ3n) is 4.55. The molecule has 1 aromatic carbocycles. The zero-order chi connectivity index (χ0) is 20.5. The van der Waals surface area contributed by atoms with Gasteiger partial charge < -0.3 is 19.6 Å². The van der Waals surface area contributed by atoms with Crippen LogP contribution in [-0.4, -0.2) is 54.9 Å². The van der Waals surface area contributed by atoms with Gasteiger partial charge in [-0.1, -0.05) is 6.07 Å². The molecule has 3 amide bonds. The Labute approximate surface area is 163 Å². The van der Waals surface area contributed by atoms with Crippen molar-refractivity contribution in [3.63, 3.8) is 0 Å². The van der Waals surface area contributed by atoms with Crippen LogP contribution in [0.3, 0.4) is 0 Å². The Morgan fingerprint density at radius 3 is 2.54 bits per heavy atom. The first-order valence-corrected chi connectivity index (χ1v) is 9.29. The molecule has 2 rings (SSSR count). The molecule has 0 fully saturated rings. The Kier molecular flexibility index (Phi) is 7.86. The van der Waals surface area contributed by atoms with E-state index in [-0.39, 0.29) is 24.0 Å². The Bertz CT molecular complexity index is 761. The lowest BCUT2D eigenvalue weighted by Crippen LogP contribution is -2.48. The summed E-state index contributed by atoms with van der Waals surface area (Å²) in [5, 5.41) is 2.43. The molecule has 0 spiro atoms. The minimum atomic E-state index is -1.06. The Morgan fingerprint density at radius 2 is 1.86 bits per heavy atom. The number of hydrogen-bond acceptors (Lipinski definition) is 6. The number of benzene rings is 1. The van der Waals surface area contributed by atoms with Crippen LogP contribution in [0.5, 0.6) is 5.75 Å². The molecule has 1 unspecified atom stereocenters. The van der Waals surface area contributed by atoms with Gasteiger partial charge >= 0.3 is 0 Å². The molecule has 28 heavy (non-hydrogen) atoms. The zero-order valence-electron chi connectivity index (χ0n) is 15.8. The van der Waals surface area contributed by atoms with E-state index in [9.17, 15) is 24.0 Å². The largest absolute Gasteiger partial charge is 0.493 e. The van der Waals surface area contributed by atoms with Crippen LogP contribution in [-0.2, 0) is 14.4 Å². The van der Waals surface area contributed by atoms with E-state index in [2.05, 4.69) is 5.32 Å². The topological polar surface area (TPSA) is 110 Å². The number of nitrogens with one attached hydrogen (secondary N) is 1. The highest BCUT2D eigenvalue weighted by molar-refractivity contribution is 6.24. The molecule has 1 aromatic rings. The molecule has 1 atom stereocenters. The summed E-state index contributed by atoms with van der Waals surface area (Å²) in [6.45, 7) is 0.348. The third-order valence-corrected chi connectivity index (χ3v) is 4.55. The van der Waals surface area contributed by atoms with Gasteiger partial charge in [-0.3, -0.25) is 19.3 Å². The molecule has 0 radical (unpaired) electrons. The van der Waals surface area contributed by atoms with E-state index < -0.39 is 23.8 Å². The molecule has 150 valence electrons. The summed E-state index contributed by atoms with van der Waals surface area (Å²) in [5.41, 5.74) is 0.323. The molecule has 0 aliphatic carbocycles. The summed E-state index contributed by atoms with van der Waals surface area (Å²) < 4.78 is 5.70. The second-order valence-electron chi connectivity index (χ2n) is 6.40. The summed E-state index contributed by atoms with van der Waals surface area (Å²) in [6, 6.07) is 3.70. The second kappa shape index (κ2) is 10.3. The molecular weight excluding hydrogens is 364 g/mol. The van der Waals surface area contributed by atoms with Gasteiger partial charge in [0.15, 0.2) is 0 Å². The number of unbranched alkanes of at least 4 members (excludes halogenated alkanes) is 3. The first kappa shape index (κ1) is 21.3. The van der Waals surface area contributed by atoms with Gasteiger partial charge in [0, 0.05) is 19.9 Å². The molecule has 1 aliphatic heterocycles. The maximum absolute atomic E-state index is 12.9. The van der Waals surface area contributed by atoms with Gasteiger partial charge in [-0.2, -0.15) is 0 Å². The monoisotopic (exact) mass is 388 g/mol. The number of aldehydes is 2. The molecule has 0 saturated heterocycles. The van der Waals surface area contributed by atoms with Crippen molar-refractivity contribution >= 4 is 30.3 Å². The van der Waals surface area contributed by atoms with E-state index in [0.29, 0.717) is 31.5 Å². The fraction of sp³-hybridized carbons (Fsp3) is 0.450. The number of likely N-dealkylation sites (N-methyl/N-ethyl adjacent to an activating group) is 1. The normalized spacial score (nSPS) is 13.8. The maximum Gasteiger partial charge on any atom is 0.266 e. The van der Waals surface area contributed by atoms with Gasteiger partial charge in [0.1, 0.15) is 24.4 Å². The number of hydrogen-bond donors (Lipinski definition) is 1. The fourth-order valence-corrected chi connectivity index (χ4v) is 3.13. The molecule has 0 aromatic heterocycles. The van der Waals surface area contributed by atoms with E-state index in [1.165, 1.54) is 13.1 Å². The second-order valence-corrected chi connectivity index (χ2v) is 6.40. The van der Waals surface area contributed by atoms with Crippen LogP contribution >= 0.6 is 0 Å². The fourth-order valence-electron chi connectivity index (χ4n) is 3.13. The standard InChI is InChI=1S/C20H24N2O6/c1-21-18(25)15(9-7-12-24)22-19(26)14-8-6-10-16(17(14)20(22)27)28-13-5-3-2-4-11-23/h6,8,10-12,15H,2-5,7,9,13H2,1H3,(H,21,25). The quantitative estimate of drug-likeness (QED) is 0.330. The van der Waals surface area contributed by atoms with E-state index in [1.54, 1.807) is 12.1 Å². The van der Waals surface area contributed by atoms with Crippen LogP contribution in [0.25, 0.3) is 0 Å². The lowest BCUT2D eigenvalue weighted by Gasteiger charge is -2.24. The van der Waals surface area contributed by atoms with Crippen LogP contribution in [0.15, 0.2) is 18.2 Å². The van der Waals surface area contributed by atoms with Crippen molar-refractivity contribution in [3.05, 3.63) is 29.3 Å². The van der Waals surface area contributed by atoms with Crippen LogP contribution < -0.4 is 10.1 Å². The number of carbonyl (C=O) groups excluding carboxylic acids is 5. The predicted molar refractivity (Wildman–Crippen MR) is 100 cm³/mol. The van der Waals surface area contributed by atoms with Crippen molar-refractivity contribution in [2.45, 2.75) is 44.6 Å². The van der Waals surface area contributed by atoms with Crippen LogP contribution in [0, 0.1) is 0 Å². The van der Waals surface area contributed by atoms with Crippen molar-refractivity contribution < 1.29 is 28.7 Å². The maximum atomic E-state index is 12.9. The van der Waals surface area contributed by atoms with Crippen molar-refractivity contribution in [3.8, 4) is 5.75 Å². The van der Waals surface area contributed by atoms with Gasteiger partial charge in [0.25, 0.3) is 11.8 Å². The summed E-state index contributed by atoms with van der Waals surface area (Å²) in [7, 11) is 1.41. The van der Waals surface area contributed by atoms with Gasteiger partial charge in [0.2, 0.25) is 5.91 Å². The lowest BCUT2D eigenvalue weighted by molar-refractivity contribution is -0.124. The minimum absolute atomic E-state index is 0.0512. The van der Waals surface area contributed by atoms with E-state index in [4.69, 9.17) is 4.74 Å². The summed E-state index contributed by atoms with van der Waals surface area (Å²) in [5.74, 6) is -1.39. The highest BCUT2D eigenvalue weighted by Gasteiger charge is 2.44. The SMILES string of the molecule is CNC(=O)C(CCC=O)N1C(=O)c2cccc(OCCCCCC=O)c2C1=O. The predicted octanol–water partition coefficient (Wildman–Crippen LogP) is 1.51. The summed E-state index contributed by atoms with van der Waals surface area (Å²) in [4.78, 5) is 59.9. The number of carbonyl (C=O) groups is 5. The van der Waals surface area contributed by atoms with Crippen LogP contribution in [0.4, 0.5) is 0 Å². The smallest absolute Gasteiger partial charge is 0.266 e. The minimum Gasteiger partial charge on any atom is -0.493 e. The lowest BCUT2D eigenvalue weighted by atomic mass is 10.1. The third kappa shape index (κ3) is 4.62. The molecule has 0 saturated carbocycles. The number of ether oxygens (including phenoxy) is 1. The van der Waals surface area contributed by atoms with E-state index >= 15 is 0 Å². The highest BCUT2D eigenvalue weighted by Crippen LogP contribution is 2.33. The number of rotatable bonds is 12. The van der Waals surface area contributed by atoms with Crippen LogP contribution in [0.1, 0.15) is 59.2 Å². The molecule has 8 nitrogen and oxygen atoms in total. The highest BCUT2D eigenvalue weighted by atomic mass is 16.5. The van der Waals surface area contributed by atoms with Gasteiger partial charge in [-0.05, 0) is 37.8 Å². The van der Waals surface area contributed by atoms with Gasteiger partial charge in [0.05, 0.1) is 17.7 Å². The Balaban J connectivity index is 2.18. The first-order chi connectivity index (χ1) is 13.6. The van der Waals surface area contributed by atoms with Crippen molar-refractivity contribution in [1.82, 2.24) is 10.2 Å². The zero-order valence-corrected chi connectivity index (χ0v) is 15.8. The van der Waals surface area contributed by atoms with Crippen molar-refractivity contribution in [2.24, 2.45) is 0 Å². The average molecular weight is 388 g/mol. The van der Waals surface area contributed by atoms with Gasteiger partial charge in [-0.25, -0.2) is 0 Å². The number of nitrogens with zero attached hydrogens (tertiary/aromatic N) is 1. The van der Waals surface area contributed by atoms with Crippen molar-refractivity contribution in [2.75, 3.05) is 13.7 Å². The Morgan fingerprint density at radius 1 is 1.11 bits per heavy atom.